The fourth-order valence-electron chi connectivity index (χ4n) is 1.53. The lowest BCUT2D eigenvalue weighted by Crippen LogP contribution is -2.17. The molecule has 1 N–H and O–H groups in total. The number of amides is 1. The van der Waals surface area contributed by atoms with Crippen LogP contribution in [0.3, 0.4) is 0 Å². The van der Waals surface area contributed by atoms with Crippen molar-refractivity contribution >= 4 is 32.6 Å². The molecule has 0 aromatic heterocycles. The molecule has 2 rings (SSSR count). The van der Waals surface area contributed by atoms with Gasteiger partial charge in [-0.2, -0.15) is 0 Å². The predicted molar refractivity (Wildman–Crippen MR) is 65.0 cm³/mol. The molecule has 0 spiro atoms. The van der Waals surface area contributed by atoms with Crippen molar-refractivity contribution in [1.29, 1.82) is 0 Å². The second kappa shape index (κ2) is 4.03. The largest absolute Gasteiger partial charge is 0.355 e. The average Bonchev–Trinajstić information content (AvgIpc) is 2.28. The van der Waals surface area contributed by atoms with Crippen molar-refractivity contribution in [2.75, 3.05) is 7.05 Å². The number of fused-ring (bicyclic) bond motifs is 1. The average molecular weight is 264 g/mol. The third kappa shape index (κ3) is 1.88. The SMILES string of the molecule is CNC(=O)c1ccc2c(Br)cccc2c1. The van der Waals surface area contributed by atoms with E-state index in [9.17, 15) is 4.79 Å². The Morgan fingerprint density at radius 3 is 2.80 bits per heavy atom. The van der Waals surface area contributed by atoms with Crippen molar-refractivity contribution in [1.82, 2.24) is 5.32 Å². The summed E-state index contributed by atoms with van der Waals surface area (Å²) in [4.78, 5) is 11.4. The lowest BCUT2D eigenvalue weighted by Gasteiger charge is -2.03. The highest BCUT2D eigenvalue weighted by Gasteiger charge is 2.04. The maximum absolute atomic E-state index is 11.4. The molecular weight excluding hydrogens is 254 g/mol. The van der Waals surface area contributed by atoms with E-state index in [-0.39, 0.29) is 5.91 Å². The van der Waals surface area contributed by atoms with Crippen molar-refractivity contribution in [3.8, 4) is 0 Å². The van der Waals surface area contributed by atoms with E-state index in [4.69, 9.17) is 0 Å². The Hall–Kier alpha value is -1.35. The van der Waals surface area contributed by atoms with Gasteiger partial charge in [0.25, 0.3) is 5.91 Å². The zero-order valence-electron chi connectivity index (χ0n) is 8.25. The Balaban J connectivity index is 2.62. The van der Waals surface area contributed by atoms with E-state index in [1.54, 1.807) is 7.05 Å². The third-order valence-corrected chi connectivity index (χ3v) is 3.01. The minimum absolute atomic E-state index is 0.0584. The normalized spacial score (nSPS) is 10.3. The molecular formula is C12H10BrNO. The fourth-order valence-corrected chi connectivity index (χ4v) is 2.04. The van der Waals surface area contributed by atoms with Crippen LogP contribution < -0.4 is 5.32 Å². The van der Waals surface area contributed by atoms with E-state index in [1.165, 1.54) is 0 Å². The molecule has 1 amide bonds. The minimum Gasteiger partial charge on any atom is -0.355 e. The Morgan fingerprint density at radius 2 is 2.07 bits per heavy atom. The predicted octanol–water partition coefficient (Wildman–Crippen LogP) is 2.96. The molecule has 0 unspecified atom stereocenters. The first-order valence-corrected chi connectivity index (χ1v) is 5.42. The Labute approximate surface area is 96.4 Å². The van der Waals surface area contributed by atoms with Crippen LogP contribution in [0.2, 0.25) is 0 Å². The van der Waals surface area contributed by atoms with Crippen molar-refractivity contribution in [2.24, 2.45) is 0 Å². The highest BCUT2D eigenvalue weighted by molar-refractivity contribution is 9.10. The molecule has 0 saturated heterocycles. The number of carbonyl (C=O) groups excluding carboxylic acids is 1. The van der Waals surface area contributed by atoms with Gasteiger partial charge >= 0.3 is 0 Å². The highest BCUT2D eigenvalue weighted by Crippen LogP contribution is 2.24. The van der Waals surface area contributed by atoms with Gasteiger partial charge < -0.3 is 5.32 Å². The first-order valence-electron chi connectivity index (χ1n) is 4.63. The Kier molecular flexibility index (Phi) is 2.73. The maximum atomic E-state index is 11.4. The highest BCUT2D eigenvalue weighted by atomic mass is 79.9. The van der Waals surface area contributed by atoms with Crippen LogP contribution in [0.5, 0.6) is 0 Å². The van der Waals surface area contributed by atoms with Crippen LogP contribution in [-0.2, 0) is 0 Å². The van der Waals surface area contributed by atoms with Gasteiger partial charge in [-0.15, -0.1) is 0 Å². The number of hydrogen-bond acceptors (Lipinski definition) is 1. The summed E-state index contributed by atoms with van der Waals surface area (Å²) in [6.45, 7) is 0. The van der Waals surface area contributed by atoms with E-state index in [0.29, 0.717) is 5.56 Å². The van der Waals surface area contributed by atoms with Gasteiger partial charge in [0, 0.05) is 17.1 Å². The second-order valence-electron chi connectivity index (χ2n) is 3.25. The summed E-state index contributed by atoms with van der Waals surface area (Å²) in [6.07, 6.45) is 0. The summed E-state index contributed by atoms with van der Waals surface area (Å²) in [7, 11) is 1.63. The van der Waals surface area contributed by atoms with E-state index < -0.39 is 0 Å². The summed E-state index contributed by atoms with van der Waals surface area (Å²) < 4.78 is 1.04. The van der Waals surface area contributed by atoms with Gasteiger partial charge in [0.15, 0.2) is 0 Å². The van der Waals surface area contributed by atoms with Gasteiger partial charge in [-0.25, -0.2) is 0 Å². The molecule has 0 heterocycles. The van der Waals surface area contributed by atoms with E-state index in [2.05, 4.69) is 21.2 Å². The number of benzene rings is 2. The van der Waals surface area contributed by atoms with Crippen molar-refractivity contribution in [3.63, 3.8) is 0 Å². The lowest BCUT2D eigenvalue weighted by atomic mass is 10.1. The topological polar surface area (TPSA) is 29.1 Å². The Bertz CT molecular complexity index is 522. The summed E-state index contributed by atoms with van der Waals surface area (Å²) in [6, 6.07) is 11.6. The van der Waals surface area contributed by atoms with Gasteiger partial charge in [-0.1, -0.05) is 34.1 Å². The van der Waals surface area contributed by atoms with Crippen LogP contribution in [0.15, 0.2) is 40.9 Å². The molecule has 0 fully saturated rings. The second-order valence-corrected chi connectivity index (χ2v) is 4.11. The van der Waals surface area contributed by atoms with Gasteiger partial charge in [0.2, 0.25) is 0 Å². The summed E-state index contributed by atoms with van der Waals surface area (Å²) in [5, 5.41) is 4.79. The first-order chi connectivity index (χ1) is 7.22. The lowest BCUT2D eigenvalue weighted by molar-refractivity contribution is 0.0963. The van der Waals surface area contributed by atoms with Crippen molar-refractivity contribution in [2.45, 2.75) is 0 Å². The summed E-state index contributed by atoms with van der Waals surface area (Å²) in [5.74, 6) is -0.0584. The van der Waals surface area contributed by atoms with Crippen LogP contribution in [0, 0.1) is 0 Å². The number of carbonyl (C=O) groups is 1. The van der Waals surface area contributed by atoms with Crippen LogP contribution in [-0.4, -0.2) is 13.0 Å². The molecule has 2 aromatic carbocycles. The molecule has 2 aromatic rings. The standard InChI is InChI=1S/C12H10BrNO/c1-14-12(15)9-5-6-10-8(7-9)3-2-4-11(10)13/h2-7H,1H3,(H,14,15). The Morgan fingerprint density at radius 1 is 1.27 bits per heavy atom. The third-order valence-electron chi connectivity index (χ3n) is 2.32. The molecule has 0 saturated carbocycles. The fraction of sp³-hybridized carbons (Fsp3) is 0.0833. The van der Waals surface area contributed by atoms with Gasteiger partial charge in [-0.3, -0.25) is 4.79 Å². The summed E-state index contributed by atoms with van der Waals surface area (Å²) >= 11 is 3.47. The monoisotopic (exact) mass is 263 g/mol. The zero-order chi connectivity index (χ0) is 10.8. The van der Waals surface area contributed by atoms with E-state index in [1.807, 2.05) is 36.4 Å². The van der Waals surface area contributed by atoms with Gasteiger partial charge in [0.05, 0.1) is 0 Å². The number of hydrogen-bond donors (Lipinski definition) is 1. The maximum Gasteiger partial charge on any atom is 0.251 e. The minimum atomic E-state index is -0.0584. The van der Waals surface area contributed by atoms with E-state index in [0.717, 1.165) is 15.2 Å². The zero-order valence-corrected chi connectivity index (χ0v) is 9.84. The molecule has 0 aliphatic carbocycles. The van der Waals surface area contributed by atoms with Gasteiger partial charge in [-0.05, 0) is 29.0 Å². The van der Waals surface area contributed by atoms with Crippen LogP contribution in [0.1, 0.15) is 10.4 Å². The molecule has 0 aliphatic rings. The van der Waals surface area contributed by atoms with Gasteiger partial charge in [0.1, 0.15) is 0 Å². The van der Waals surface area contributed by atoms with Crippen LogP contribution >= 0.6 is 15.9 Å². The molecule has 3 heteroatoms. The molecule has 15 heavy (non-hydrogen) atoms. The molecule has 0 atom stereocenters. The number of halogens is 1. The van der Waals surface area contributed by atoms with Crippen LogP contribution in [0.25, 0.3) is 10.8 Å². The summed E-state index contributed by atoms with van der Waals surface area (Å²) in [5.41, 5.74) is 0.683. The number of nitrogens with one attached hydrogen (secondary N) is 1. The molecule has 0 radical (unpaired) electrons. The quantitative estimate of drug-likeness (QED) is 0.842. The molecule has 2 nitrogen and oxygen atoms in total. The van der Waals surface area contributed by atoms with Crippen LogP contribution in [0.4, 0.5) is 0 Å². The molecule has 0 bridgehead atoms. The molecule has 76 valence electrons. The first kappa shape index (κ1) is 10.2. The molecule has 0 aliphatic heterocycles. The van der Waals surface area contributed by atoms with Crippen molar-refractivity contribution < 1.29 is 4.79 Å². The van der Waals surface area contributed by atoms with E-state index >= 15 is 0 Å². The van der Waals surface area contributed by atoms with Crippen molar-refractivity contribution in [3.05, 3.63) is 46.4 Å². The number of rotatable bonds is 1. The smallest absolute Gasteiger partial charge is 0.251 e.